The van der Waals surface area contributed by atoms with Gasteiger partial charge in [0.1, 0.15) is 11.5 Å². The molecule has 10 heteroatoms. The molecule has 0 radical (unpaired) electrons. The first-order chi connectivity index (χ1) is 15.5. The summed E-state index contributed by atoms with van der Waals surface area (Å²) in [5.41, 5.74) is 1.46. The highest BCUT2D eigenvalue weighted by Gasteiger charge is 2.23. The first-order valence-electron chi connectivity index (χ1n) is 9.63. The number of para-hydroxylation sites is 1. The van der Waals surface area contributed by atoms with Gasteiger partial charge >= 0.3 is 0 Å². The van der Waals surface area contributed by atoms with E-state index in [0.29, 0.717) is 22.5 Å². The Morgan fingerprint density at radius 1 is 1.12 bits per heavy atom. The normalized spacial score (nSPS) is 11.0. The van der Waals surface area contributed by atoms with Crippen molar-refractivity contribution in [1.82, 2.24) is 24.7 Å². The van der Waals surface area contributed by atoms with Gasteiger partial charge in [0.05, 0.1) is 11.8 Å². The van der Waals surface area contributed by atoms with Crippen LogP contribution >= 0.6 is 0 Å². The minimum absolute atomic E-state index is 0.0858. The van der Waals surface area contributed by atoms with Crippen LogP contribution in [0.1, 0.15) is 16.1 Å². The van der Waals surface area contributed by atoms with E-state index in [1.165, 1.54) is 29.3 Å². The van der Waals surface area contributed by atoms with Crippen LogP contribution in [0.15, 0.2) is 70.2 Å². The fourth-order valence-corrected chi connectivity index (χ4v) is 3.39. The summed E-state index contributed by atoms with van der Waals surface area (Å²) in [6.07, 6.45) is 2.98. The summed E-state index contributed by atoms with van der Waals surface area (Å²) < 4.78 is 6.62. The molecule has 158 valence electrons. The highest BCUT2D eigenvalue weighted by Crippen LogP contribution is 2.25. The van der Waals surface area contributed by atoms with E-state index >= 15 is 0 Å². The number of carbonyl (C=O) groups excluding carboxylic acids is 2. The lowest BCUT2D eigenvalue weighted by Crippen LogP contribution is -2.25. The van der Waals surface area contributed by atoms with Gasteiger partial charge in [0.25, 0.3) is 17.2 Å². The van der Waals surface area contributed by atoms with Gasteiger partial charge in [-0.25, -0.2) is 4.98 Å². The second-order valence-electron chi connectivity index (χ2n) is 7.05. The van der Waals surface area contributed by atoms with Gasteiger partial charge in [-0.05, 0) is 25.1 Å². The molecule has 0 spiro atoms. The molecule has 0 aliphatic carbocycles. The molecule has 1 amide bonds. The van der Waals surface area contributed by atoms with E-state index < -0.39 is 11.7 Å². The van der Waals surface area contributed by atoms with Crippen molar-refractivity contribution in [2.24, 2.45) is 0 Å². The van der Waals surface area contributed by atoms with Crippen LogP contribution in [-0.4, -0.2) is 36.4 Å². The molecule has 4 aromatic heterocycles. The quantitative estimate of drug-likeness (QED) is 0.291. The Morgan fingerprint density at radius 3 is 2.75 bits per heavy atom. The molecular weight excluding hydrogens is 412 g/mol. The number of fused-ring (bicyclic) bond motifs is 1. The second-order valence-corrected chi connectivity index (χ2v) is 7.05. The maximum absolute atomic E-state index is 12.9. The van der Waals surface area contributed by atoms with Crippen molar-refractivity contribution in [2.45, 2.75) is 6.92 Å². The Hall–Kier alpha value is -4.73. The summed E-state index contributed by atoms with van der Waals surface area (Å²) in [5.74, 6) is -0.916. The lowest BCUT2D eigenvalue weighted by Gasteiger charge is -2.07. The number of hydrogen-bond donors (Lipinski definition) is 3. The molecule has 0 aliphatic rings. The average Bonchev–Trinajstić information content (AvgIpc) is 3.51. The standard InChI is InChI=1S/C22H16N6O4/c1-12-9-19(29)26-22(24-12)28-18(10-16(27-28)17-7-4-8-32-17)25-21(31)20(30)14-11-23-15-6-3-2-5-13(14)15/h2-11,23H,1H3,(H,25,31)(H,24,26,29). The molecule has 32 heavy (non-hydrogen) atoms. The number of nitrogens with zero attached hydrogens (tertiary/aromatic N) is 3. The lowest BCUT2D eigenvalue weighted by atomic mass is 10.1. The molecule has 0 unspecified atom stereocenters. The number of Topliss-reactive ketones (excluding diaryl/α,β-unsaturated/α-hetero) is 1. The van der Waals surface area contributed by atoms with Crippen molar-refractivity contribution < 1.29 is 14.0 Å². The van der Waals surface area contributed by atoms with Gasteiger partial charge in [-0.15, -0.1) is 0 Å². The Balaban J connectivity index is 1.54. The average molecular weight is 428 g/mol. The third kappa shape index (κ3) is 3.39. The van der Waals surface area contributed by atoms with E-state index in [-0.39, 0.29) is 22.9 Å². The number of benzene rings is 1. The van der Waals surface area contributed by atoms with Crippen LogP contribution in [0.25, 0.3) is 28.3 Å². The topological polar surface area (TPSA) is 139 Å². The molecule has 0 bridgehead atoms. The molecule has 0 saturated heterocycles. The van der Waals surface area contributed by atoms with Crippen molar-refractivity contribution in [3.8, 4) is 17.4 Å². The first-order valence-corrected chi connectivity index (χ1v) is 9.63. The molecule has 5 aromatic rings. The number of nitrogens with one attached hydrogen (secondary N) is 3. The summed E-state index contributed by atoms with van der Waals surface area (Å²) in [7, 11) is 0. The zero-order valence-electron chi connectivity index (χ0n) is 16.7. The van der Waals surface area contributed by atoms with E-state index in [1.807, 2.05) is 12.1 Å². The Bertz CT molecular complexity index is 1520. The fourth-order valence-electron chi connectivity index (χ4n) is 3.39. The summed E-state index contributed by atoms with van der Waals surface area (Å²) in [4.78, 5) is 47.5. The van der Waals surface area contributed by atoms with Crippen LogP contribution in [0.3, 0.4) is 0 Å². The van der Waals surface area contributed by atoms with Gasteiger partial charge in [-0.2, -0.15) is 9.78 Å². The zero-order chi connectivity index (χ0) is 22.2. The molecule has 10 nitrogen and oxygen atoms in total. The molecule has 0 aliphatic heterocycles. The molecule has 4 heterocycles. The van der Waals surface area contributed by atoms with Crippen LogP contribution in [0.4, 0.5) is 5.82 Å². The number of aromatic amines is 2. The van der Waals surface area contributed by atoms with Crippen molar-refractivity contribution in [1.29, 1.82) is 0 Å². The number of H-pyrrole nitrogens is 2. The Labute approximate surface area is 179 Å². The SMILES string of the molecule is Cc1cc(=O)[nH]c(-n2nc(-c3ccco3)cc2NC(=O)C(=O)c2c[nH]c3ccccc23)n1. The number of anilines is 1. The molecule has 3 N–H and O–H groups in total. The predicted octanol–water partition coefficient (Wildman–Crippen LogP) is 2.83. The summed E-state index contributed by atoms with van der Waals surface area (Å²) in [6, 6.07) is 13.4. The van der Waals surface area contributed by atoms with Gasteiger partial charge in [-0.3, -0.25) is 19.4 Å². The maximum Gasteiger partial charge on any atom is 0.298 e. The monoisotopic (exact) mass is 428 g/mol. The van der Waals surface area contributed by atoms with Crippen LogP contribution in [0, 0.1) is 6.92 Å². The second kappa shape index (κ2) is 7.51. The zero-order valence-corrected chi connectivity index (χ0v) is 16.7. The molecule has 0 fully saturated rings. The summed E-state index contributed by atoms with van der Waals surface area (Å²) in [5, 5.41) is 7.61. The molecule has 1 aromatic carbocycles. The van der Waals surface area contributed by atoms with E-state index in [1.54, 1.807) is 31.2 Å². The number of ketones is 1. The Morgan fingerprint density at radius 2 is 1.97 bits per heavy atom. The highest BCUT2D eigenvalue weighted by atomic mass is 16.3. The number of carbonyl (C=O) groups is 2. The van der Waals surface area contributed by atoms with Gasteiger partial charge < -0.3 is 14.7 Å². The largest absolute Gasteiger partial charge is 0.463 e. The predicted molar refractivity (Wildman–Crippen MR) is 116 cm³/mol. The van der Waals surface area contributed by atoms with E-state index in [0.717, 1.165) is 5.52 Å². The number of hydrogen-bond acceptors (Lipinski definition) is 6. The summed E-state index contributed by atoms with van der Waals surface area (Å²) in [6.45, 7) is 1.66. The Kier molecular flexibility index (Phi) is 4.52. The minimum atomic E-state index is -0.864. The molecule has 5 rings (SSSR count). The van der Waals surface area contributed by atoms with Crippen molar-refractivity contribution in [3.63, 3.8) is 0 Å². The van der Waals surface area contributed by atoms with Crippen molar-refractivity contribution in [2.75, 3.05) is 5.32 Å². The number of amides is 1. The number of furan rings is 1. The third-order valence-corrected chi connectivity index (χ3v) is 4.82. The van der Waals surface area contributed by atoms with Crippen molar-refractivity contribution in [3.05, 3.63) is 82.6 Å². The molecular formula is C22H16N6O4. The van der Waals surface area contributed by atoms with Crippen LogP contribution in [0.2, 0.25) is 0 Å². The van der Waals surface area contributed by atoms with Gasteiger partial charge in [0, 0.05) is 34.9 Å². The number of aryl methyl sites for hydroxylation is 1. The first kappa shape index (κ1) is 19.2. The van der Waals surface area contributed by atoms with Crippen LogP contribution in [0.5, 0.6) is 0 Å². The number of aromatic nitrogens is 5. The van der Waals surface area contributed by atoms with E-state index in [9.17, 15) is 14.4 Å². The summed E-state index contributed by atoms with van der Waals surface area (Å²) >= 11 is 0. The van der Waals surface area contributed by atoms with Gasteiger partial charge in [0.2, 0.25) is 5.95 Å². The smallest absolute Gasteiger partial charge is 0.298 e. The fraction of sp³-hybridized carbons (Fsp3) is 0.0455. The van der Waals surface area contributed by atoms with E-state index in [4.69, 9.17) is 4.42 Å². The van der Waals surface area contributed by atoms with Crippen LogP contribution in [-0.2, 0) is 4.79 Å². The molecule has 0 atom stereocenters. The maximum atomic E-state index is 12.9. The highest BCUT2D eigenvalue weighted by molar-refractivity contribution is 6.48. The van der Waals surface area contributed by atoms with Gasteiger partial charge in [0.15, 0.2) is 5.76 Å². The minimum Gasteiger partial charge on any atom is -0.463 e. The third-order valence-electron chi connectivity index (χ3n) is 4.82. The van der Waals surface area contributed by atoms with Crippen LogP contribution < -0.4 is 10.9 Å². The van der Waals surface area contributed by atoms with Gasteiger partial charge in [-0.1, -0.05) is 18.2 Å². The lowest BCUT2D eigenvalue weighted by molar-refractivity contribution is -0.112. The van der Waals surface area contributed by atoms with E-state index in [2.05, 4.69) is 25.4 Å². The molecule has 0 saturated carbocycles. The number of rotatable bonds is 5. The van der Waals surface area contributed by atoms with Crippen molar-refractivity contribution >= 4 is 28.4 Å².